The van der Waals surface area contributed by atoms with Crippen molar-refractivity contribution < 1.29 is 45.8 Å². The lowest BCUT2D eigenvalue weighted by molar-refractivity contribution is -0.274. The van der Waals surface area contributed by atoms with Crippen LogP contribution >= 0.6 is 0 Å². The number of nitrogens with zero attached hydrogens (tertiary/aromatic N) is 1. The highest BCUT2D eigenvalue weighted by Crippen LogP contribution is 2.34. The lowest BCUT2D eigenvalue weighted by Crippen LogP contribution is -2.42. The molecule has 0 aromatic heterocycles. The Balaban J connectivity index is 1.51. The molecule has 43 heavy (non-hydrogen) atoms. The second-order valence-electron chi connectivity index (χ2n) is 10.5. The number of aryl methyl sites for hydroxylation is 1. The van der Waals surface area contributed by atoms with Crippen LogP contribution in [0.3, 0.4) is 0 Å². The second-order valence-corrected chi connectivity index (χ2v) is 10.5. The van der Waals surface area contributed by atoms with Crippen LogP contribution < -0.4 is 10.1 Å². The third-order valence-corrected chi connectivity index (χ3v) is 7.31. The number of aliphatic carboxylic acids is 1. The first-order chi connectivity index (χ1) is 20.2. The van der Waals surface area contributed by atoms with Gasteiger partial charge < -0.3 is 20.1 Å². The highest BCUT2D eigenvalue weighted by atomic mass is 19.4. The molecule has 1 aliphatic heterocycles. The number of ether oxygens (including phenoxy) is 1. The second kappa shape index (κ2) is 13.0. The van der Waals surface area contributed by atoms with Gasteiger partial charge in [0.15, 0.2) is 0 Å². The summed E-state index contributed by atoms with van der Waals surface area (Å²) in [6.07, 6.45) is -9.41. The first-order valence-electron chi connectivity index (χ1n) is 13.6. The average molecular weight is 609 g/mol. The number of nitrogens with one attached hydrogen (secondary N) is 1. The van der Waals surface area contributed by atoms with Crippen LogP contribution in [0.15, 0.2) is 66.7 Å². The minimum absolute atomic E-state index is 0.119. The quantitative estimate of drug-likeness (QED) is 0.241. The number of benzene rings is 3. The van der Waals surface area contributed by atoms with Gasteiger partial charge in [0.1, 0.15) is 5.75 Å². The van der Waals surface area contributed by atoms with Gasteiger partial charge in [-0.25, -0.2) is 0 Å². The molecule has 230 valence electrons. The molecule has 6 nitrogen and oxygen atoms in total. The van der Waals surface area contributed by atoms with Crippen LogP contribution in [-0.4, -0.2) is 47.5 Å². The largest absolute Gasteiger partial charge is 0.573 e. The van der Waals surface area contributed by atoms with Crippen molar-refractivity contribution in [2.45, 2.75) is 51.2 Å². The van der Waals surface area contributed by atoms with E-state index in [4.69, 9.17) is 0 Å². The molecule has 0 spiro atoms. The minimum Gasteiger partial charge on any atom is -0.481 e. The smallest absolute Gasteiger partial charge is 0.481 e. The van der Waals surface area contributed by atoms with Crippen LogP contribution in [0.5, 0.6) is 5.75 Å². The van der Waals surface area contributed by atoms with Crippen molar-refractivity contribution >= 4 is 17.6 Å². The summed E-state index contributed by atoms with van der Waals surface area (Å²) in [5, 5.41) is 12.4. The van der Waals surface area contributed by atoms with Gasteiger partial charge in [-0.05, 0) is 84.8 Å². The Bertz CT molecular complexity index is 1420. The Morgan fingerprint density at radius 2 is 1.63 bits per heavy atom. The van der Waals surface area contributed by atoms with Crippen LogP contribution in [-0.2, 0) is 4.79 Å². The summed E-state index contributed by atoms with van der Waals surface area (Å²) < 4.78 is 80.9. The Hall–Kier alpha value is -4.22. The van der Waals surface area contributed by atoms with Crippen molar-refractivity contribution in [1.29, 1.82) is 0 Å². The molecule has 0 saturated carbocycles. The first kappa shape index (κ1) is 31.7. The number of carboxylic acids is 1. The molecule has 0 bridgehead atoms. The maximum atomic E-state index is 13.2. The molecule has 1 fully saturated rings. The summed E-state index contributed by atoms with van der Waals surface area (Å²) >= 11 is 0. The van der Waals surface area contributed by atoms with E-state index >= 15 is 0 Å². The predicted octanol–water partition coefficient (Wildman–Crippen LogP) is 7.99. The number of carbonyl (C=O) groups is 2. The third-order valence-electron chi connectivity index (χ3n) is 7.31. The number of amides is 1. The highest BCUT2D eigenvalue weighted by molar-refractivity contribution is 5.95. The summed E-state index contributed by atoms with van der Waals surface area (Å²) in [7, 11) is 0. The van der Waals surface area contributed by atoms with Crippen LogP contribution in [0, 0.1) is 12.8 Å². The van der Waals surface area contributed by atoms with E-state index in [0.717, 1.165) is 0 Å². The van der Waals surface area contributed by atoms with Crippen molar-refractivity contribution in [1.82, 2.24) is 4.90 Å². The molecule has 4 rings (SSSR count). The molecule has 3 aromatic carbocycles. The molecule has 12 heteroatoms. The summed E-state index contributed by atoms with van der Waals surface area (Å²) in [5.74, 6) is -2.24. The van der Waals surface area contributed by atoms with Crippen LogP contribution in [0.1, 0.15) is 53.2 Å². The number of carbonyl (C=O) groups excluding carboxylic acids is 1. The summed E-state index contributed by atoms with van der Waals surface area (Å²) in [6, 6.07) is 16.0. The minimum atomic E-state index is -4.81. The number of hydrogen-bond donors (Lipinski definition) is 2. The van der Waals surface area contributed by atoms with Crippen molar-refractivity contribution in [2.75, 3.05) is 18.4 Å². The van der Waals surface area contributed by atoms with E-state index in [1.165, 1.54) is 29.2 Å². The lowest BCUT2D eigenvalue weighted by atomic mass is 9.93. The number of piperidine rings is 1. The van der Waals surface area contributed by atoms with Gasteiger partial charge in [0.05, 0.1) is 12.0 Å². The monoisotopic (exact) mass is 608 g/mol. The Kier molecular flexibility index (Phi) is 9.56. The van der Waals surface area contributed by atoms with E-state index < -0.39 is 36.9 Å². The van der Waals surface area contributed by atoms with E-state index in [-0.39, 0.29) is 24.6 Å². The lowest BCUT2D eigenvalue weighted by Gasteiger charge is -2.30. The molecule has 3 aromatic rings. The molecule has 1 amide bonds. The molecule has 0 aliphatic carbocycles. The molecule has 1 saturated heterocycles. The van der Waals surface area contributed by atoms with Gasteiger partial charge in [-0.3, -0.25) is 9.59 Å². The molecule has 2 atom stereocenters. The summed E-state index contributed by atoms with van der Waals surface area (Å²) in [4.78, 5) is 25.8. The normalized spacial score (nSPS) is 16.4. The number of halogens is 6. The van der Waals surface area contributed by atoms with Gasteiger partial charge in [0.25, 0.3) is 5.91 Å². The van der Waals surface area contributed by atoms with E-state index in [1.54, 1.807) is 49.4 Å². The van der Waals surface area contributed by atoms with Gasteiger partial charge in [-0.1, -0.05) is 30.3 Å². The number of hydrogen-bond acceptors (Lipinski definition) is 4. The van der Waals surface area contributed by atoms with Crippen molar-refractivity contribution in [3.8, 4) is 16.9 Å². The zero-order valence-corrected chi connectivity index (χ0v) is 23.1. The fourth-order valence-corrected chi connectivity index (χ4v) is 5.16. The molecular weight excluding hydrogens is 578 g/mol. The maximum Gasteiger partial charge on any atom is 0.573 e. The third kappa shape index (κ3) is 8.89. The van der Waals surface area contributed by atoms with Gasteiger partial charge >= 0.3 is 18.5 Å². The molecule has 0 radical (unpaired) electrons. The fraction of sp³-hybridized carbons (Fsp3) is 0.355. The number of likely N-dealkylation sites (tertiary alicyclic amines) is 1. The van der Waals surface area contributed by atoms with E-state index in [1.807, 2.05) is 0 Å². The predicted molar refractivity (Wildman–Crippen MR) is 148 cm³/mol. The Morgan fingerprint density at radius 3 is 2.21 bits per heavy atom. The molecule has 1 aliphatic rings. The van der Waals surface area contributed by atoms with Crippen LogP contribution in [0.2, 0.25) is 0 Å². The highest BCUT2D eigenvalue weighted by Gasteiger charge is 2.32. The van der Waals surface area contributed by atoms with Crippen molar-refractivity contribution in [2.24, 2.45) is 5.92 Å². The molecule has 2 N–H and O–H groups in total. The SMILES string of the molecule is Cc1cc(-c2ccc(OC(F)(F)F)cc2)ccc1C(CCC(F)(F)F)Nc1ccc(C(=O)N2CCC[C@@H](C(=O)O)C2)cc1. The van der Waals surface area contributed by atoms with Gasteiger partial charge in [0, 0.05) is 30.8 Å². The topological polar surface area (TPSA) is 78.9 Å². The number of carboxylic acid groups (broad SMARTS) is 1. The van der Waals surface area contributed by atoms with Crippen molar-refractivity contribution in [3.63, 3.8) is 0 Å². The van der Waals surface area contributed by atoms with E-state index in [9.17, 15) is 41.0 Å². The van der Waals surface area contributed by atoms with Crippen molar-refractivity contribution in [3.05, 3.63) is 83.4 Å². The number of alkyl halides is 6. The fourth-order valence-electron chi connectivity index (χ4n) is 5.16. The average Bonchev–Trinajstić information content (AvgIpc) is 2.94. The van der Waals surface area contributed by atoms with Crippen LogP contribution in [0.4, 0.5) is 32.0 Å². The molecule has 1 unspecified atom stereocenters. The summed E-state index contributed by atoms with van der Waals surface area (Å²) in [6.45, 7) is 2.31. The van der Waals surface area contributed by atoms with Crippen LogP contribution in [0.25, 0.3) is 11.1 Å². The Labute approximate surface area is 244 Å². The standard InChI is InChI=1S/C31H30F6N2O4/c1-19-17-22(20-6-11-25(12-7-20)43-31(35,36)37)8-13-26(19)27(14-15-30(32,33)34)38-24-9-4-21(5-10-24)28(40)39-16-2-3-23(18-39)29(41)42/h4-13,17,23,27,38H,2-3,14-16,18H2,1H3,(H,41,42)/t23-,27?/m1/s1. The van der Waals surface area contributed by atoms with E-state index in [0.29, 0.717) is 52.9 Å². The maximum absolute atomic E-state index is 13.2. The zero-order chi connectivity index (χ0) is 31.4. The molecular formula is C31H30F6N2O4. The molecule has 1 heterocycles. The first-order valence-corrected chi connectivity index (χ1v) is 13.6. The van der Waals surface area contributed by atoms with Gasteiger partial charge in [-0.2, -0.15) is 13.2 Å². The number of rotatable bonds is 9. The van der Waals surface area contributed by atoms with Gasteiger partial charge in [0.2, 0.25) is 0 Å². The summed E-state index contributed by atoms with van der Waals surface area (Å²) in [5.41, 5.74) is 3.40. The number of anilines is 1. The van der Waals surface area contributed by atoms with E-state index in [2.05, 4.69) is 10.1 Å². The van der Waals surface area contributed by atoms with Gasteiger partial charge in [-0.15, -0.1) is 13.2 Å². The zero-order valence-electron chi connectivity index (χ0n) is 23.1. The Morgan fingerprint density at radius 1 is 0.977 bits per heavy atom.